The Morgan fingerprint density at radius 2 is 1.85 bits per heavy atom. The monoisotopic (exact) mass is 239 g/mol. The van der Waals surface area contributed by atoms with Gasteiger partial charge in [-0.05, 0) is 42.9 Å². The Balaban J connectivity index is 2.13. The number of halogens is 1. The van der Waals surface area contributed by atoms with Gasteiger partial charge in [-0.25, -0.2) is 0 Å². The Hall–Kier alpha value is -0.340. The zero-order valence-corrected chi connectivity index (χ0v) is 9.13. The van der Waals surface area contributed by atoms with Crippen molar-refractivity contribution in [1.29, 1.82) is 0 Å². The van der Waals surface area contributed by atoms with Gasteiger partial charge >= 0.3 is 0 Å². The summed E-state index contributed by atoms with van der Waals surface area (Å²) in [5, 5.41) is 0. The molecule has 0 heterocycles. The van der Waals surface area contributed by atoms with E-state index in [2.05, 4.69) is 40.2 Å². The minimum Gasteiger partial charge on any atom is -0.328 e. The van der Waals surface area contributed by atoms with Gasteiger partial charge in [0.05, 0.1) is 0 Å². The van der Waals surface area contributed by atoms with Crippen molar-refractivity contribution >= 4 is 15.9 Å². The number of benzene rings is 1. The second-order valence-electron chi connectivity index (χ2n) is 3.82. The van der Waals surface area contributed by atoms with Gasteiger partial charge in [0.2, 0.25) is 0 Å². The highest BCUT2D eigenvalue weighted by Gasteiger charge is 2.22. The molecule has 70 valence electrons. The molecule has 1 saturated carbocycles. The van der Waals surface area contributed by atoms with E-state index in [0.717, 1.165) is 10.9 Å². The van der Waals surface area contributed by atoms with E-state index in [4.69, 9.17) is 5.73 Å². The van der Waals surface area contributed by atoms with Gasteiger partial charge in [-0.3, -0.25) is 0 Å². The molecule has 0 saturated heterocycles. The van der Waals surface area contributed by atoms with Gasteiger partial charge in [0.25, 0.3) is 0 Å². The molecule has 1 nitrogen and oxygen atoms in total. The lowest BCUT2D eigenvalue weighted by molar-refractivity contribution is 0.674. The lowest BCUT2D eigenvalue weighted by Crippen LogP contribution is -2.14. The van der Waals surface area contributed by atoms with Crippen LogP contribution in [-0.2, 0) is 0 Å². The summed E-state index contributed by atoms with van der Waals surface area (Å²) in [5.41, 5.74) is 7.32. The van der Waals surface area contributed by atoms with E-state index in [1.54, 1.807) is 0 Å². The predicted molar refractivity (Wildman–Crippen MR) is 58.7 cm³/mol. The second kappa shape index (κ2) is 3.81. The van der Waals surface area contributed by atoms with Gasteiger partial charge in [0.15, 0.2) is 0 Å². The van der Waals surface area contributed by atoms with Crippen molar-refractivity contribution in [2.24, 2.45) is 5.73 Å². The third kappa shape index (κ3) is 2.12. The highest BCUT2D eigenvalue weighted by Crippen LogP contribution is 2.33. The molecule has 2 heteroatoms. The maximum atomic E-state index is 5.88. The zero-order chi connectivity index (χ0) is 9.26. The van der Waals surface area contributed by atoms with Crippen molar-refractivity contribution in [3.05, 3.63) is 34.3 Å². The maximum absolute atomic E-state index is 5.88. The summed E-state index contributed by atoms with van der Waals surface area (Å²) in [5.74, 6) is 0.697. The van der Waals surface area contributed by atoms with E-state index in [0.29, 0.717) is 12.0 Å². The molecule has 0 spiro atoms. The van der Waals surface area contributed by atoms with Crippen molar-refractivity contribution in [1.82, 2.24) is 0 Å². The smallest absolute Gasteiger partial charge is 0.0175 e. The average Bonchev–Trinajstić information content (AvgIpc) is 2.53. The zero-order valence-electron chi connectivity index (χ0n) is 7.54. The molecule has 2 N–H and O–H groups in total. The Labute approximate surface area is 87.5 Å². The quantitative estimate of drug-likeness (QED) is 0.802. The minimum atomic E-state index is 0.425. The van der Waals surface area contributed by atoms with Crippen molar-refractivity contribution in [3.63, 3.8) is 0 Å². The molecular formula is C11H14BrN. The molecule has 0 aromatic heterocycles. The van der Waals surface area contributed by atoms with Crippen LogP contribution in [0.1, 0.15) is 30.7 Å². The number of hydrogen-bond acceptors (Lipinski definition) is 1. The molecular weight excluding hydrogens is 226 g/mol. The van der Waals surface area contributed by atoms with Crippen LogP contribution in [0.5, 0.6) is 0 Å². The van der Waals surface area contributed by atoms with E-state index in [1.807, 2.05) is 0 Å². The fourth-order valence-electron chi connectivity index (χ4n) is 2.05. The van der Waals surface area contributed by atoms with Gasteiger partial charge in [-0.1, -0.05) is 28.1 Å². The Morgan fingerprint density at radius 3 is 2.38 bits per heavy atom. The van der Waals surface area contributed by atoms with Crippen LogP contribution in [0.15, 0.2) is 28.7 Å². The molecule has 0 aliphatic heterocycles. The molecule has 2 rings (SSSR count). The summed E-state index contributed by atoms with van der Waals surface area (Å²) in [4.78, 5) is 0. The first-order chi connectivity index (χ1) is 6.25. The van der Waals surface area contributed by atoms with Crippen molar-refractivity contribution in [3.8, 4) is 0 Å². The van der Waals surface area contributed by atoms with Crippen LogP contribution in [-0.4, -0.2) is 6.04 Å². The van der Waals surface area contributed by atoms with Gasteiger partial charge in [0.1, 0.15) is 0 Å². The van der Waals surface area contributed by atoms with E-state index >= 15 is 0 Å². The molecule has 0 amide bonds. The summed E-state index contributed by atoms with van der Waals surface area (Å²) in [7, 11) is 0. The summed E-state index contributed by atoms with van der Waals surface area (Å²) in [6.07, 6.45) is 3.59. The molecule has 1 aliphatic rings. The number of rotatable bonds is 1. The molecule has 1 fully saturated rings. The molecule has 13 heavy (non-hydrogen) atoms. The van der Waals surface area contributed by atoms with E-state index < -0.39 is 0 Å². The topological polar surface area (TPSA) is 26.0 Å². The largest absolute Gasteiger partial charge is 0.328 e. The first-order valence-electron chi connectivity index (χ1n) is 4.77. The fourth-order valence-corrected chi connectivity index (χ4v) is 2.32. The molecule has 0 radical (unpaired) electrons. The predicted octanol–water partition coefficient (Wildman–Crippen LogP) is 3.04. The van der Waals surface area contributed by atoms with E-state index in [1.165, 1.54) is 18.4 Å². The standard InChI is InChI=1S/C11H14BrN/c12-10-4-1-8(2-5-10)9-3-6-11(13)7-9/h1-2,4-5,9,11H,3,6-7,13H2/t9-,11-/m1/s1. The van der Waals surface area contributed by atoms with Gasteiger partial charge in [0, 0.05) is 10.5 Å². The molecule has 0 unspecified atom stereocenters. The third-order valence-corrected chi connectivity index (χ3v) is 3.34. The molecule has 1 aromatic carbocycles. The van der Waals surface area contributed by atoms with Crippen LogP contribution < -0.4 is 5.73 Å². The van der Waals surface area contributed by atoms with E-state index in [9.17, 15) is 0 Å². The lowest BCUT2D eigenvalue weighted by Gasteiger charge is -2.09. The normalized spacial score (nSPS) is 27.8. The van der Waals surface area contributed by atoms with Gasteiger partial charge in [-0.2, -0.15) is 0 Å². The van der Waals surface area contributed by atoms with Crippen LogP contribution in [0.2, 0.25) is 0 Å². The first-order valence-corrected chi connectivity index (χ1v) is 5.56. The average molecular weight is 240 g/mol. The number of hydrogen-bond donors (Lipinski definition) is 1. The van der Waals surface area contributed by atoms with Gasteiger partial charge in [-0.15, -0.1) is 0 Å². The van der Waals surface area contributed by atoms with Crippen molar-refractivity contribution < 1.29 is 0 Å². The van der Waals surface area contributed by atoms with Crippen LogP contribution in [0.3, 0.4) is 0 Å². The third-order valence-electron chi connectivity index (χ3n) is 2.81. The number of nitrogens with two attached hydrogens (primary N) is 1. The van der Waals surface area contributed by atoms with Crippen LogP contribution in [0.25, 0.3) is 0 Å². The van der Waals surface area contributed by atoms with Crippen LogP contribution >= 0.6 is 15.9 Å². The summed E-state index contributed by atoms with van der Waals surface area (Å²) >= 11 is 3.44. The molecule has 0 bridgehead atoms. The molecule has 2 atom stereocenters. The Morgan fingerprint density at radius 1 is 1.15 bits per heavy atom. The maximum Gasteiger partial charge on any atom is 0.0175 e. The molecule has 1 aromatic rings. The highest BCUT2D eigenvalue weighted by atomic mass is 79.9. The summed E-state index contributed by atoms with van der Waals surface area (Å²) in [6.45, 7) is 0. The van der Waals surface area contributed by atoms with Crippen LogP contribution in [0.4, 0.5) is 0 Å². The Bertz CT molecular complexity index is 281. The molecule has 1 aliphatic carbocycles. The second-order valence-corrected chi connectivity index (χ2v) is 4.74. The SMILES string of the molecule is N[C@@H]1CC[C@@H](c2ccc(Br)cc2)C1. The lowest BCUT2D eigenvalue weighted by atomic mass is 9.98. The summed E-state index contributed by atoms with van der Waals surface area (Å²) in [6, 6.07) is 9.05. The fraction of sp³-hybridized carbons (Fsp3) is 0.455. The summed E-state index contributed by atoms with van der Waals surface area (Å²) < 4.78 is 1.15. The van der Waals surface area contributed by atoms with Crippen molar-refractivity contribution in [2.75, 3.05) is 0 Å². The Kier molecular flexibility index (Phi) is 2.70. The highest BCUT2D eigenvalue weighted by molar-refractivity contribution is 9.10. The van der Waals surface area contributed by atoms with Gasteiger partial charge < -0.3 is 5.73 Å². The minimum absolute atomic E-state index is 0.425. The van der Waals surface area contributed by atoms with Crippen molar-refractivity contribution in [2.45, 2.75) is 31.2 Å². The van der Waals surface area contributed by atoms with Crippen LogP contribution in [0, 0.1) is 0 Å². The first kappa shape index (κ1) is 9.22. The van der Waals surface area contributed by atoms with E-state index in [-0.39, 0.29) is 0 Å².